The largest absolute Gasteiger partial charge is 0.310 e. The third-order valence-corrected chi connectivity index (χ3v) is 3.33. The molecule has 1 aromatic carbocycles. The molecule has 3 heteroatoms. The Morgan fingerprint density at radius 2 is 2.21 bits per heavy atom. The molecule has 2 rings (SSSR count). The molecule has 0 amide bonds. The molecule has 1 atom stereocenters. The summed E-state index contributed by atoms with van der Waals surface area (Å²) < 4.78 is 0. The molecule has 1 heterocycles. The predicted octanol–water partition coefficient (Wildman–Crippen LogP) is 3.42. The molecule has 0 aliphatic carbocycles. The van der Waals surface area contributed by atoms with Crippen LogP contribution in [-0.4, -0.2) is 6.04 Å². The summed E-state index contributed by atoms with van der Waals surface area (Å²) in [6.07, 6.45) is 2.15. The summed E-state index contributed by atoms with van der Waals surface area (Å²) in [7, 11) is 0. The molecule has 1 aliphatic heterocycles. The monoisotopic (exact) mass is 229 g/mol. The van der Waals surface area contributed by atoms with Crippen molar-refractivity contribution in [2.45, 2.75) is 32.4 Å². The van der Waals surface area contributed by atoms with Crippen LogP contribution in [0.3, 0.4) is 0 Å². The molecule has 0 radical (unpaired) electrons. The summed E-state index contributed by atoms with van der Waals surface area (Å²) in [4.78, 5) is 0. The van der Waals surface area contributed by atoms with Gasteiger partial charge in [-0.3, -0.25) is 0 Å². The number of benzene rings is 1. The van der Waals surface area contributed by atoms with E-state index in [4.69, 9.17) is 23.2 Å². The van der Waals surface area contributed by atoms with Gasteiger partial charge in [-0.15, -0.1) is 0 Å². The average molecular weight is 230 g/mol. The van der Waals surface area contributed by atoms with Gasteiger partial charge in [0.2, 0.25) is 0 Å². The topological polar surface area (TPSA) is 12.0 Å². The fourth-order valence-corrected chi connectivity index (χ4v) is 2.52. The van der Waals surface area contributed by atoms with Crippen molar-refractivity contribution in [3.63, 3.8) is 0 Å². The molecule has 1 aromatic rings. The first-order valence-corrected chi connectivity index (χ1v) is 5.66. The molecule has 76 valence electrons. The van der Waals surface area contributed by atoms with Crippen molar-refractivity contribution in [3.05, 3.63) is 33.3 Å². The molecule has 1 nitrogen and oxygen atoms in total. The van der Waals surface area contributed by atoms with Crippen LogP contribution in [0.15, 0.2) is 12.1 Å². The Labute approximate surface area is 94.4 Å². The van der Waals surface area contributed by atoms with Crippen molar-refractivity contribution in [1.82, 2.24) is 5.32 Å². The molecule has 1 N–H and O–H groups in total. The van der Waals surface area contributed by atoms with Crippen molar-refractivity contribution >= 4 is 23.2 Å². The van der Waals surface area contributed by atoms with Gasteiger partial charge < -0.3 is 5.32 Å². The van der Waals surface area contributed by atoms with Gasteiger partial charge in [0.15, 0.2) is 0 Å². The normalized spacial score (nSPS) is 20.6. The van der Waals surface area contributed by atoms with E-state index in [0.29, 0.717) is 6.04 Å². The molecule has 14 heavy (non-hydrogen) atoms. The predicted molar refractivity (Wildman–Crippen MR) is 61.1 cm³/mol. The van der Waals surface area contributed by atoms with Gasteiger partial charge >= 0.3 is 0 Å². The Kier molecular flexibility index (Phi) is 3.01. The van der Waals surface area contributed by atoms with Gasteiger partial charge in [-0.25, -0.2) is 0 Å². The summed E-state index contributed by atoms with van der Waals surface area (Å²) >= 11 is 12.1. The van der Waals surface area contributed by atoms with E-state index in [1.807, 2.05) is 12.1 Å². The van der Waals surface area contributed by atoms with E-state index >= 15 is 0 Å². The van der Waals surface area contributed by atoms with E-state index < -0.39 is 0 Å². The van der Waals surface area contributed by atoms with Crippen molar-refractivity contribution in [3.8, 4) is 0 Å². The van der Waals surface area contributed by atoms with Crippen LogP contribution < -0.4 is 5.32 Å². The molecule has 0 fully saturated rings. The van der Waals surface area contributed by atoms with Crippen LogP contribution in [0.4, 0.5) is 0 Å². The van der Waals surface area contributed by atoms with Crippen molar-refractivity contribution < 1.29 is 0 Å². The quantitative estimate of drug-likeness (QED) is 0.779. The third-order valence-electron chi connectivity index (χ3n) is 2.78. The van der Waals surface area contributed by atoms with Crippen LogP contribution in [0, 0.1) is 0 Å². The van der Waals surface area contributed by atoms with Crippen LogP contribution in [-0.2, 0) is 13.0 Å². The Morgan fingerprint density at radius 3 is 2.93 bits per heavy atom. The van der Waals surface area contributed by atoms with E-state index in [1.165, 1.54) is 11.1 Å². The molecule has 0 bridgehead atoms. The van der Waals surface area contributed by atoms with E-state index in [2.05, 4.69) is 12.2 Å². The first kappa shape index (κ1) is 10.3. The summed E-state index contributed by atoms with van der Waals surface area (Å²) in [5.41, 5.74) is 2.51. The van der Waals surface area contributed by atoms with E-state index in [0.717, 1.165) is 29.4 Å². The lowest BCUT2D eigenvalue weighted by molar-refractivity contribution is 0.468. The number of hydrogen-bond donors (Lipinski definition) is 1. The van der Waals surface area contributed by atoms with E-state index in [1.54, 1.807) is 0 Å². The number of fused-ring (bicyclic) bond motifs is 1. The Morgan fingerprint density at radius 1 is 1.43 bits per heavy atom. The lowest BCUT2D eigenvalue weighted by atomic mass is 9.94. The van der Waals surface area contributed by atoms with E-state index in [9.17, 15) is 0 Å². The molecule has 0 aromatic heterocycles. The molecule has 0 saturated heterocycles. The summed E-state index contributed by atoms with van der Waals surface area (Å²) in [6, 6.07) is 4.39. The van der Waals surface area contributed by atoms with Crippen LogP contribution in [0.1, 0.15) is 24.5 Å². The highest BCUT2D eigenvalue weighted by Crippen LogP contribution is 2.29. The fraction of sp³-hybridized carbons (Fsp3) is 0.455. The van der Waals surface area contributed by atoms with Gasteiger partial charge in [0, 0.05) is 22.6 Å². The smallest absolute Gasteiger partial charge is 0.0456 e. The standard InChI is InChI=1S/C11H13Cl2N/c1-2-9-5-10-7(6-14-9)3-8(12)4-11(10)13/h3-4,9,14H,2,5-6H2,1H3. The average Bonchev–Trinajstić information content (AvgIpc) is 2.17. The lowest BCUT2D eigenvalue weighted by Crippen LogP contribution is -2.35. The minimum Gasteiger partial charge on any atom is -0.310 e. The van der Waals surface area contributed by atoms with Crippen molar-refractivity contribution in [1.29, 1.82) is 0 Å². The zero-order valence-electron chi connectivity index (χ0n) is 8.11. The number of rotatable bonds is 1. The maximum atomic E-state index is 6.16. The van der Waals surface area contributed by atoms with Crippen molar-refractivity contribution in [2.24, 2.45) is 0 Å². The maximum absolute atomic E-state index is 6.16. The molecule has 1 unspecified atom stereocenters. The molecule has 0 saturated carbocycles. The Balaban J connectivity index is 2.37. The van der Waals surface area contributed by atoms with Gasteiger partial charge in [-0.1, -0.05) is 30.1 Å². The summed E-state index contributed by atoms with van der Waals surface area (Å²) in [5, 5.41) is 5.00. The second kappa shape index (κ2) is 4.09. The van der Waals surface area contributed by atoms with Gasteiger partial charge in [-0.05, 0) is 36.1 Å². The molecular weight excluding hydrogens is 217 g/mol. The molecule has 1 aliphatic rings. The Bertz CT molecular complexity index is 349. The van der Waals surface area contributed by atoms with Gasteiger partial charge in [0.05, 0.1) is 0 Å². The number of halogens is 2. The third kappa shape index (κ3) is 1.90. The minimum absolute atomic E-state index is 0.557. The van der Waals surface area contributed by atoms with Gasteiger partial charge in [0.25, 0.3) is 0 Å². The van der Waals surface area contributed by atoms with Crippen molar-refractivity contribution in [2.75, 3.05) is 0 Å². The van der Waals surface area contributed by atoms with E-state index in [-0.39, 0.29) is 0 Å². The maximum Gasteiger partial charge on any atom is 0.0456 e. The fourth-order valence-electron chi connectivity index (χ4n) is 1.90. The summed E-state index contributed by atoms with van der Waals surface area (Å²) in [5.74, 6) is 0. The number of nitrogens with one attached hydrogen (secondary N) is 1. The first-order valence-electron chi connectivity index (χ1n) is 4.91. The highest BCUT2D eigenvalue weighted by molar-refractivity contribution is 6.35. The second-order valence-corrected chi connectivity index (χ2v) is 4.56. The first-order chi connectivity index (χ1) is 6.70. The molecule has 0 spiro atoms. The van der Waals surface area contributed by atoms with Gasteiger partial charge in [-0.2, -0.15) is 0 Å². The van der Waals surface area contributed by atoms with Crippen LogP contribution in [0.25, 0.3) is 0 Å². The highest BCUT2D eigenvalue weighted by Gasteiger charge is 2.19. The lowest BCUT2D eigenvalue weighted by Gasteiger charge is -2.26. The second-order valence-electron chi connectivity index (χ2n) is 3.72. The zero-order valence-corrected chi connectivity index (χ0v) is 9.62. The van der Waals surface area contributed by atoms with Crippen LogP contribution in [0.2, 0.25) is 10.0 Å². The SMILES string of the molecule is CCC1Cc2c(Cl)cc(Cl)cc2CN1. The number of hydrogen-bond acceptors (Lipinski definition) is 1. The summed E-state index contributed by atoms with van der Waals surface area (Å²) in [6.45, 7) is 3.07. The molecular formula is C11H13Cl2N. The van der Waals surface area contributed by atoms with Gasteiger partial charge in [0.1, 0.15) is 0 Å². The van der Waals surface area contributed by atoms with Crippen LogP contribution >= 0.6 is 23.2 Å². The zero-order chi connectivity index (χ0) is 10.1. The van der Waals surface area contributed by atoms with Crippen LogP contribution in [0.5, 0.6) is 0 Å². The Hall–Kier alpha value is -0.240. The highest BCUT2D eigenvalue weighted by atomic mass is 35.5. The minimum atomic E-state index is 0.557.